The van der Waals surface area contributed by atoms with Crippen LogP contribution in [0.2, 0.25) is 0 Å². The molecule has 2 fully saturated rings. The number of terminal acetylenes is 2. The van der Waals surface area contributed by atoms with Crippen molar-refractivity contribution in [3.05, 3.63) is 469 Å². The fourth-order valence-corrected chi connectivity index (χ4v) is 12.8. The number of hydrogen-bond donors (Lipinski definition) is 1. The van der Waals surface area contributed by atoms with E-state index in [-0.39, 0.29) is 66.4 Å². The summed E-state index contributed by atoms with van der Waals surface area (Å²) in [5.74, 6) is 22.9. The third-order valence-electron chi connectivity index (χ3n) is 18.5. The number of ether oxygens (including phenoxy) is 1. The Morgan fingerprint density at radius 2 is 0.646 bits per heavy atom. The van der Waals surface area contributed by atoms with Gasteiger partial charge in [0.1, 0.15) is 0 Å². The van der Waals surface area contributed by atoms with Gasteiger partial charge in [0, 0.05) is 156 Å². The summed E-state index contributed by atoms with van der Waals surface area (Å²) in [4.78, 5) is 45.4. The van der Waals surface area contributed by atoms with Gasteiger partial charge in [-0.15, -0.1) is 23.0 Å². The van der Waals surface area contributed by atoms with Crippen LogP contribution in [0.4, 0.5) is 0 Å². The number of benzene rings is 15. The monoisotopic (exact) mass is 2060 g/mol. The maximum Gasteiger partial charge on any atom is 0.495 e. The molecule has 18 heteroatoms. The van der Waals surface area contributed by atoms with Gasteiger partial charge in [0.05, 0.1) is 11.2 Å². The van der Waals surface area contributed by atoms with E-state index in [2.05, 4.69) is 270 Å². The molecule has 0 spiro atoms. The Balaban J connectivity index is 0.000000502. The molecule has 0 aromatic heterocycles. The molecule has 2 saturated heterocycles. The molecule has 2 aliphatic heterocycles. The van der Waals surface area contributed by atoms with E-state index in [1.54, 1.807) is 18.2 Å². The fourth-order valence-electron chi connectivity index (χ4n) is 11.4. The van der Waals surface area contributed by atoms with Crippen LogP contribution in [-0.2, 0) is 36.4 Å². The summed E-state index contributed by atoms with van der Waals surface area (Å²) in [6.07, 6.45) is 15.2. The molecule has 0 unspecified atom stereocenters. The number of aldehydes is 3. The van der Waals surface area contributed by atoms with E-state index < -0.39 is 5.09 Å². The van der Waals surface area contributed by atoms with E-state index in [1.165, 1.54) is 51.1 Å². The van der Waals surface area contributed by atoms with Crippen molar-refractivity contribution in [3.8, 4) is 92.1 Å². The Labute approximate surface area is 821 Å². The van der Waals surface area contributed by atoms with Gasteiger partial charge in [-0.05, 0) is 209 Å². The fraction of sp³-hybridized carbons (Fsp3) is 0.0982. The zero-order chi connectivity index (χ0) is 90.3. The molecule has 10 nitrogen and oxygen atoms in total. The van der Waals surface area contributed by atoms with Crippen molar-refractivity contribution >= 4 is 134 Å². The van der Waals surface area contributed by atoms with Gasteiger partial charge in [0.25, 0.3) is 5.09 Å². The first-order valence-corrected chi connectivity index (χ1v) is 42.9. The Hall–Kier alpha value is -12.9. The SMILES string of the molecule is BrC#Cc1ccccc1.BrC#Cc1ccccc1.Brc1cc2ccccc2cc1-c1ccccc1.C.C#Cc1ccccc1.C#Cc1ccccc1.C1CCOC1.CC1(C)OB(c2cc3ccccc3cc2-c2ccccc2)OC1(C)C.O=Cc1ccccc1Br.O=Cc1ccccc1C#Cc1ccccc1.O=Cc1ccccc1C#Cc1ccccc1.O=[N+]([O-])O.[2HH].[Ag].[B].[B]. The van der Waals surface area contributed by atoms with Gasteiger partial charge in [-0.1, -0.05) is 366 Å². The summed E-state index contributed by atoms with van der Waals surface area (Å²) in [5, 5.41) is 18.6. The largest absolute Gasteiger partial charge is 0.495 e. The Bertz CT molecular complexity index is 6020. The van der Waals surface area contributed by atoms with Crippen molar-refractivity contribution in [3.63, 3.8) is 0 Å². The van der Waals surface area contributed by atoms with Crippen molar-refractivity contribution in [1.82, 2.24) is 0 Å². The third-order valence-corrected chi connectivity index (χ3v) is 20.3. The minimum Gasteiger partial charge on any atom is -0.399 e. The first kappa shape index (κ1) is 111. The van der Waals surface area contributed by atoms with Crippen LogP contribution < -0.4 is 5.46 Å². The second-order valence-corrected chi connectivity index (χ2v) is 30.3. The van der Waals surface area contributed by atoms with Gasteiger partial charge in [-0.3, -0.25) is 14.4 Å². The van der Waals surface area contributed by atoms with Gasteiger partial charge in [0.2, 0.25) is 0 Å². The molecule has 0 atom stereocenters. The molecule has 2 aliphatic rings. The number of rotatable bonds is 6. The molecule has 0 aliphatic carbocycles. The third kappa shape index (κ3) is 40.6. The molecule has 7 radical (unpaired) electrons. The summed E-state index contributed by atoms with van der Waals surface area (Å²) < 4.78 is 19.6. The molecule has 2 heterocycles. The van der Waals surface area contributed by atoms with E-state index >= 15 is 0 Å². The quantitative estimate of drug-likeness (QED) is 0.0566. The van der Waals surface area contributed by atoms with Crippen LogP contribution in [0.1, 0.15) is 125 Å². The van der Waals surface area contributed by atoms with E-state index in [1.807, 2.05) is 249 Å². The molecule has 0 amide bonds. The van der Waals surface area contributed by atoms with E-state index in [0.717, 1.165) is 96.6 Å². The van der Waals surface area contributed by atoms with Crippen molar-refractivity contribution in [2.45, 2.75) is 59.2 Å². The van der Waals surface area contributed by atoms with Gasteiger partial charge in [-0.2, -0.15) is 0 Å². The van der Waals surface area contributed by atoms with Crippen LogP contribution in [0.25, 0.3) is 43.8 Å². The van der Waals surface area contributed by atoms with E-state index in [4.69, 9.17) is 42.2 Å². The Morgan fingerprint density at radius 3 is 0.946 bits per heavy atom. The second-order valence-electron chi connectivity index (χ2n) is 27.8. The Morgan fingerprint density at radius 1 is 0.377 bits per heavy atom. The van der Waals surface area contributed by atoms with E-state index in [0.29, 0.717) is 16.7 Å². The summed E-state index contributed by atoms with van der Waals surface area (Å²) in [6.45, 7) is 10.4. The maximum atomic E-state index is 10.8. The number of carbonyl (C=O) groups is 3. The maximum absolute atomic E-state index is 10.8. The van der Waals surface area contributed by atoms with Crippen LogP contribution in [0, 0.1) is 80.0 Å². The molecular formula is C112H96AgB3Br4NO9. The normalized spacial score (nSPS) is 11.0. The number of fused-ring (bicyclic) bond motifs is 2. The zero-order valence-electron chi connectivity index (χ0n) is 71.4. The number of halogens is 4. The number of nitrogens with zero attached hydrogens (tertiary/aromatic N) is 1. The molecule has 15 aromatic carbocycles. The van der Waals surface area contributed by atoms with Gasteiger partial charge < -0.3 is 19.3 Å². The molecule has 1 N–H and O–H groups in total. The van der Waals surface area contributed by atoms with Crippen molar-refractivity contribution < 1.29 is 62.5 Å². The first-order chi connectivity index (χ1) is 61.3. The average Bonchev–Trinajstić information content (AvgIpc) is 1.61. The van der Waals surface area contributed by atoms with Crippen molar-refractivity contribution in [2.24, 2.45) is 0 Å². The topological polar surface area (TPSA) is 142 Å². The van der Waals surface area contributed by atoms with Crippen LogP contribution in [0.15, 0.2) is 397 Å². The molecule has 0 bridgehead atoms. The molecule has 651 valence electrons. The predicted octanol–water partition coefficient (Wildman–Crippen LogP) is 26.8. The number of carbonyl (C=O) groups excluding carboxylic acids is 3. The predicted molar refractivity (Wildman–Crippen MR) is 553 cm³/mol. The Kier molecular flexibility index (Phi) is 54.8. The van der Waals surface area contributed by atoms with Crippen LogP contribution in [-0.4, -0.2) is 77.5 Å². The van der Waals surface area contributed by atoms with E-state index in [9.17, 15) is 14.4 Å². The summed E-state index contributed by atoms with van der Waals surface area (Å²) in [5.41, 5.74) is 14.5. The summed E-state index contributed by atoms with van der Waals surface area (Å²) in [7, 11) is -0.371. The standard InChI is InChI=1S/C22H23BO2.C16H11Br.2C15H10O.2C8H5Br.2C8H6.C7H5BrO.C4H8O.CH4.Ag.2B.HNO3.H2/c1-21(2)22(3,4)25-23(24-21)20-15-18-13-9-8-12-17(18)14-19(20)16-10-6-5-7-11-16;17-16-11-14-9-5-4-8-13(14)10-15(16)12-6-2-1-3-7-12;2*16-12-15-9-5-4-8-14(15)11-10-13-6-2-1-3-7-13;2*9-7-6-8-4-2-1-3-5-8;2*1-2-8-6-4-3-5-7-8;8-7-4-2-1-3-6(7)5-9;1-2-4-5-3-1;;;;;2-1(3)4;/h5-15H,1-4H3;1-11H;2*1-9,12H;2*1-5H;2*1,3-7H;1-5H;1-4H2;1H4;;;;(H,2,3,4);1H/i;;;;;;;;;;;;;;;1+1. The van der Waals surface area contributed by atoms with Crippen LogP contribution in [0.5, 0.6) is 0 Å². The molecule has 0 saturated carbocycles. The first-order valence-electron chi connectivity index (χ1n) is 39.7. The molecule has 130 heavy (non-hydrogen) atoms. The van der Waals surface area contributed by atoms with Crippen molar-refractivity contribution in [2.75, 3.05) is 13.2 Å². The molecule has 17 rings (SSSR count). The van der Waals surface area contributed by atoms with Crippen molar-refractivity contribution in [1.29, 1.82) is 0 Å². The van der Waals surface area contributed by atoms with Crippen LogP contribution >= 0.6 is 63.7 Å². The molecular weight excluding hydrogens is 1960 g/mol. The van der Waals surface area contributed by atoms with Crippen LogP contribution in [0.3, 0.4) is 0 Å². The smallest absolute Gasteiger partial charge is 0.399 e. The minimum absolute atomic E-state index is 0. The van der Waals surface area contributed by atoms with Gasteiger partial charge >= 0.3 is 7.12 Å². The molecule has 15 aromatic rings. The zero-order valence-corrected chi connectivity index (χ0v) is 79.2. The summed E-state index contributed by atoms with van der Waals surface area (Å²) in [6, 6.07) is 127. The second kappa shape index (κ2) is 64.0. The average molecular weight is 2060 g/mol. The minimum atomic E-state index is -1.50. The van der Waals surface area contributed by atoms with Gasteiger partial charge in [0.15, 0.2) is 18.9 Å². The van der Waals surface area contributed by atoms with Gasteiger partial charge in [-0.25, -0.2) is 0 Å². The summed E-state index contributed by atoms with van der Waals surface area (Å²) >= 11 is 12.9. The number of hydrogen-bond acceptors (Lipinski definition) is 8.